The van der Waals surface area contributed by atoms with Crippen molar-refractivity contribution in [2.24, 2.45) is 10.4 Å². The number of amides is 1. The number of likely N-dealkylation sites (tertiary alicyclic amines) is 1. The summed E-state index contributed by atoms with van der Waals surface area (Å²) in [5.74, 6) is 1.87. The molecule has 0 radical (unpaired) electrons. The van der Waals surface area contributed by atoms with Gasteiger partial charge in [-0.15, -0.1) is 24.0 Å². The molecule has 2 aliphatic rings. The van der Waals surface area contributed by atoms with Gasteiger partial charge in [-0.1, -0.05) is 6.07 Å². The Morgan fingerprint density at radius 1 is 1.37 bits per heavy atom. The summed E-state index contributed by atoms with van der Waals surface area (Å²) in [5.41, 5.74) is 3.19. The molecule has 2 aromatic heterocycles. The van der Waals surface area contributed by atoms with Crippen LogP contribution in [0.5, 0.6) is 0 Å². The van der Waals surface area contributed by atoms with Crippen molar-refractivity contribution in [3.63, 3.8) is 0 Å². The van der Waals surface area contributed by atoms with Gasteiger partial charge < -0.3 is 15.5 Å². The van der Waals surface area contributed by atoms with E-state index < -0.39 is 0 Å². The summed E-state index contributed by atoms with van der Waals surface area (Å²) in [5, 5.41) is 10.9. The number of aryl methyl sites for hydroxylation is 2. The molecule has 8 nitrogen and oxygen atoms in total. The molecule has 2 saturated heterocycles. The highest BCUT2D eigenvalue weighted by Crippen LogP contribution is 2.36. The number of hydrogen-bond acceptors (Lipinski definition) is 4. The molecule has 2 fully saturated rings. The van der Waals surface area contributed by atoms with Crippen molar-refractivity contribution in [1.29, 1.82) is 0 Å². The molecule has 4 rings (SSSR count). The Morgan fingerprint density at radius 3 is 2.80 bits per heavy atom. The molecule has 1 amide bonds. The second-order valence-electron chi connectivity index (χ2n) is 8.24. The number of hydrogen-bond donors (Lipinski definition) is 2. The maximum atomic E-state index is 11.7. The van der Waals surface area contributed by atoms with Crippen LogP contribution in [0.25, 0.3) is 5.82 Å². The van der Waals surface area contributed by atoms with E-state index in [0.29, 0.717) is 13.0 Å². The van der Waals surface area contributed by atoms with E-state index in [2.05, 4.69) is 36.7 Å². The molecule has 0 aromatic carbocycles. The van der Waals surface area contributed by atoms with Crippen LogP contribution in [0, 0.1) is 19.3 Å². The Bertz CT molecular complexity index is 924. The minimum absolute atomic E-state index is 0. The average molecular weight is 523 g/mol. The first-order valence-corrected chi connectivity index (χ1v) is 10.2. The predicted molar refractivity (Wildman–Crippen MR) is 127 cm³/mol. The lowest BCUT2D eigenvalue weighted by Gasteiger charge is -2.40. The highest BCUT2D eigenvalue weighted by Gasteiger charge is 2.42. The van der Waals surface area contributed by atoms with Crippen molar-refractivity contribution in [3.8, 4) is 5.82 Å². The Labute approximate surface area is 194 Å². The number of rotatable bonds is 3. The molecule has 4 heterocycles. The summed E-state index contributed by atoms with van der Waals surface area (Å²) >= 11 is 0. The molecule has 1 atom stereocenters. The van der Waals surface area contributed by atoms with Crippen molar-refractivity contribution in [2.75, 3.05) is 26.7 Å². The van der Waals surface area contributed by atoms with Gasteiger partial charge in [-0.2, -0.15) is 5.10 Å². The number of aliphatic imine (C=N–C) groups is 1. The van der Waals surface area contributed by atoms with Gasteiger partial charge in [0.25, 0.3) is 0 Å². The van der Waals surface area contributed by atoms with Gasteiger partial charge in [-0.05, 0) is 44.4 Å². The number of guanidine groups is 1. The van der Waals surface area contributed by atoms with Crippen LogP contribution in [0.4, 0.5) is 0 Å². The lowest BCUT2D eigenvalue weighted by atomic mass is 9.79. The zero-order valence-corrected chi connectivity index (χ0v) is 20.1. The van der Waals surface area contributed by atoms with Gasteiger partial charge in [0.15, 0.2) is 11.8 Å². The van der Waals surface area contributed by atoms with Crippen molar-refractivity contribution in [2.45, 2.75) is 39.7 Å². The van der Waals surface area contributed by atoms with Gasteiger partial charge in [-0.25, -0.2) is 9.67 Å². The smallest absolute Gasteiger partial charge is 0.220 e. The fraction of sp³-hybridized carbons (Fsp3) is 0.524. The first-order valence-electron chi connectivity index (χ1n) is 10.2. The number of pyridine rings is 1. The summed E-state index contributed by atoms with van der Waals surface area (Å²) in [4.78, 5) is 23.1. The van der Waals surface area contributed by atoms with Gasteiger partial charge in [0.2, 0.25) is 5.91 Å². The van der Waals surface area contributed by atoms with Gasteiger partial charge >= 0.3 is 0 Å². The number of nitrogens with zero attached hydrogens (tertiary/aromatic N) is 5. The van der Waals surface area contributed by atoms with Gasteiger partial charge in [0, 0.05) is 57.0 Å². The molecule has 0 saturated carbocycles. The van der Waals surface area contributed by atoms with Crippen LogP contribution in [0.1, 0.15) is 36.2 Å². The van der Waals surface area contributed by atoms with Gasteiger partial charge in [0.05, 0.1) is 5.69 Å². The van der Waals surface area contributed by atoms with E-state index in [1.165, 1.54) is 0 Å². The van der Waals surface area contributed by atoms with Crippen LogP contribution in [0.2, 0.25) is 0 Å². The van der Waals surface area contributed by atoms with E-state index in [1.807, 2.05) is 43.9 Å². The van der Waals surface area contributed by atoms with Crippen molar-refractivity contribution in [1.82, 2.24) is 30.3 Å². The number of aromatic nitrogens is 3. The zero-order chi connectivity index (χ0) is 20.4. The Kier molecular flexibility index (Phi) is 6.99. The minimum Gasteiger partial charge on any atom is -0.355 e. The van der Waals surface area contributed by atoms with E-state index in [-0.39, 0.29) is 35.3 Å². The number of carbonyl (C=O) groups is 1. The van der Waals surface area contributed by atoms with Crippen LogP contribution in [-0.4, -0.2) is 58.2 Å². The third-order valence-corrected chi connectivity index (χ3v) is 5.86. The van der Waals surface area contributed by atoms with Crippen LogP contribution in [-0.2, 0) is 11.3 Å². The topological polar surface area (TPSA) is 87.4 Å². The number of carbonyl (C=O) groups excluding carboxylic acids is 1. The Morgan fingerprint density at radius 2 is 2.20 bits per heavy atom. The standard InChI is InChI=1S/C21H29N7O.HI/c1-15-9-16(2)28(26-15)18-6-5-17(11-23-18)12-24-20(22-3)27-8-4-7-21(14-27)10-19(29)25-13-21;/h5-6,9,11H,4,7-8,10,12-14H2,1-3H3,(H,22,24)(H,25,29);1H. The maximum Gasteiger partial charge on any atom is 0.220 e. The molecular formula is C21H30IN7O. The summed E-state index contributed by atoms with van der Waals surface area (Å²) < 4.78 is 1.86. The lowest BCUT2D eigenvalue weighted by Crippen LogP contribution is -2.51. The lowest BCUT2D eigenvalue weighted by molar-refractivity contribution is -0.119. The molecule has 1 spiro atoms. The fourth-order valence-corrected chi connectivity index (χ4v) is 4.45. The molecule has 2 aromatic rings. The molecule has 0 aliphatic carbocycles. The monoisotopic (exact) mass is 523 g/mol. The second kappa shape index (κ2) is 9.32. The summed E-state index contributed by atoms with van der Waals surface area (Å²) in [6, 6.07) is 6.10. The summed E-state index contributed by atoms with van der Waals surface area (Å²) in [7, 11) is 1.81. The molecule has 30 heavy (non-hydrogen) atoms. The highest BCUT2D eigenvalue weighted by molar-refractivity contribution is 14.0. The first-order chi connectivity index (χ1) is 14.0. The van der Waals surface area contributed by atoms with E-state index in [4.69, 9.17) is 0 Å². The largest absolute Gasteiger partial charge is 0.355 e. The second-order valence-corrected chi connectivity index (χ2v) is 8.24. The van der Waals surface area contributed by atoms with E-state index in [1.54, 1.807) is 0 Å². The fourth-order valence-electron chi connectivity index (χ4n) is 4.45. The zero-order valence-electron chi connectivity index (χ0n) is 17.8. The van der Waals surface area contributed by atoms with Crippen molar-refractivity contribution in [3.05, 3.63) is 41.3 Å². The summed E-state index contributed by atoms with van der Waals surface area (Å²) in [6.45, 7) is 7.26. The molecule has 9 heteroatoms. The normalized spacial score (nSPS) is 21.5. The molecule has 2 aliphatic heterocycles. The first kappa shape index (κ1) is 22.5. The van der Waals surface area contributed by atoms with E-state index in [9.17, 15) is 4.79 Å². The average Bonchev–Trinajstić information content (AvgIpc) is 3.24. The third-order valence-electron chi connectivity index (χ3n) is 5.86. The van der Waals surface area contributed by atoms with Gasteiger partial charge in [-0.3, -0.25) is 9.79 Å². The molecule has 162 valence electrons. The molecule has 0 bridgehead atoms. The number of nitrogens with one attached hydrogen (secondary N) is 2. The Balaban J connectivity index is 0.00000256. The Hall–Kier alpha value is -2.17. The van der Waals surface area contributed by atoms with Crippen LogP contribution >= 0.6 is 24.0 Å². The third kappa shape index (κ3) is 4.76. The predicted octanol–water partition coefficient (Wildman–Crippen LogP) is 2.18. The van der Waals surface area contributed by atoms with Crippen molar-refractivity contribution >= 4 is 35.8 Å². The van der Waals surface area contributed by atoms with Crippen LogP contribution in [0.3, 0.4) is 0 Å². The van der Waals surface area contributed by atoms with Crippen LogP contribution in [0.15, 0.2) is 29.4 Å². The maximum absolute atomic E-state index is 11.7. The minimum atomic E-state index is 0. The van der Waals surface area contributed by atoms with E-state index in [0.717, 1.165) is 61.2 Å². The molecule has 1 unspecified atom stereocenters. The van der Waals surface area contributed by atoms with Crippen LogP contribution < -0.4 is 10.6 Å². The number of piperidine rings is 1. The molecular weight excluding hydrogens is 493 g/mol. The summed E-state index contributed by atoms with van der Waals surface area (Å²) in [6.07, 6.45) is 4.67. The number of halogens is 1. The van der Waals surface area contributed by atoms with E-state index >= 15 is 0 Å². The highest BCUT2D eigenvalue weighted by atomic mass is 127. The van der Waals surface area contributed by atoms with Crippen molar-refractivity contribution < 1.29 is 4.79 Å². The quantitative estimate of drug-likeness (QED) is 0.366. The van der Waals surface area contributed by atoms with Gasteiger partial charge in [0.1, 0.15) is 0 Å². The molecule has 2 N–H and O–H groups in total. The SMILES string of the molecule is CN=C(NCc1ccc(-n2nc(C)cc2C)nc1)N1CCCC2(CNC(=O)C2)C1.I.